The summed E-state index contributed by atoms with van der Waals surface area (Å²) in [6, 6.07) is 7.06. The van der Waals surface area contributed by atoms with Gasteiger partial charge in [0.05, 0.1) is 17.6 Å². The smallest absolute Gasteiger partial charge is 0.168 e. The highest BCUT2D eigenvalue weighted by Crippen LogP contribution is 2.34. The lowest BCUT2D eigenvalue weighted by atomic mass is 10.1. The van der Waals surface area contributed by atoms with Crippen LogP contribution in [0.5, 0.6) is 5.75 Å². The first-order valence-corrected chi connectivity index (χ1v) is 5.99. The van der Waals surface area contributed by atoms with Gasteiger partial charge in [0, 0.05) is 17.0 Å². The summed E-state index contributed by atoms with van der Waals surface area (Å²) < 4.78 is 5.35. The normalized spacial score (nSPS) is 10.8. The molecule has 3 rings (SSSR count). The number of hydrogen-bond donors (Lipinski definition) is 0. The third-order valence-electron chi connectivity index (χ3n) is 2.94. The number of methoxy groups -OCH3 is 1. The molecule has 0 atom stereocenters. The first-order chi connectivity index (χ1) is 9.24. The minimum atomic E-state index is 0.287. The molecule has 0 unspecified atom stereocenters. The van der Waals surface area contributed by atoms with E-state index < -0.39 is 0 Å². The van der Waals surface area contributed by atoms with E-state index in [-0.39, 0.29) is 5.69 Å². The number of benzene rings is 1. The van der Waals surface area contributed by atoms with Crippen molar-refractivity contribution in [1.82, 2.24) is 9.97 Å². The largest absolute Gasteiger partial charge is 0.496 e. The molecule has 2 heterocycles. The quantitative estimate of drug-likeness (QED) is 0.531. The summed E-state index contributed by atoms with van der Waals surface area (Å²) in [4.78, 5) is 19.5. The zero-order chi connectivity index (χ0) is 13.4. The maximum absolute atomic E-state index is 10.9. The van der Waals surface area contributed by atoms with E-state index in [9.17, 15) is 4.79 Å². The van der Waals surface area contributed by atoms with Gasteiger partial charge in [-0.15, -0.1) is 0 Å². The first kappa shape index (κ1) is 11.9. The maximum Gasteiger partial charge on any atom is 0.168 e. The summed E-state index contributed by atoms with van der Waals surface area (Å²) in [5.74, 6) is 0.679. The van der Waals surface area contributed by atoms with Gasteiger partial charge in [-0.3, -0.25) is 9.78 Å². The van der Waals surface area contributed by atoms with Crippen molar-refractivity contribution in [2.45, 2.75) is 0 Å². The minimum absolute atomic E-state index is 0.287. The van der Waals surface area contributed by atoms with Gasteiger partial charge in [-0.1, -0.05) is 11.6 Å². The Kier molecular flexibility index (Phi) is 2.80. The lowest BCUT2D eigenvalue weighted by molar-refractivity contribution is 0.111. The Labute approximate surface area is 114 Å². The van der Waals surface area contributed by atoms with Crippen molar-refractivity contribution in [3.63, 3.8) is 0 Å². The molecule has 0 saturated carbocycles. The zero-order valence-corrected chi connectivity index (χ0v) is 10.8. The molecule has 0 aliphatic carbocycles. The van der Waals surface area contributed by atoms with E-state index in [0.717, 1.165) is 10.8 Å². The van der Waals surface area contributed by atoms with Crippen LogP contribution in [0, 0.1) is 0 Å². The second-order valence-electron chi connectivity index (χ2n) is 4.02. The molecule has 2 aromatic heterocycles. The average molecular weight is 273 g/mol. The van der Waals surface area contributed by atoms with Crippen LogP contribution < -0.4 is 4.74 Å². The van der Waals surface area contributed by atoms with E-state index in [0.29, 0.717) is 28.1 Å². The molecule has 0 aliphatic heterocycles. The Balaban J connectivity index is 2.56. The number of nitrogens with zero attached hydrogens (tertiary/aromatic N) is 2. The van der Waals surface area contributed by atoms with Gasteiger partial charge >= 0.3 is 0 Å². The van der Waals surface area contributed by atoms with E-state index in [1.54, 1.807) is 13.3 Å². The zero-order valence-electron chi connectivity index (χ0n) is 10.1. The molecule has 94 valence electrons. The van der Waals surface area contributed by atoms with Crippen LogP contribution in [-0.4, -0.2) is 23.4 Å². The highest BCUT2D eigenvalue weighted by Gasteiger charge is 2.12. The number of carbonyl (C=O) groups is 1. The number of aldehydes is 1. The molecule has 1 aromatic carbocycles. The Morgan fingerprint density at radius 1 is 1.26 bits per heavy atom. The number of halogens is 1. The summed E-state index contributed by atoms with van der Waals surface area (Å²) in [5.41, 5.74) is 1.56. The number of carbonyl (C=O) groups excluding carboxylic acids is 1. The van der Waals surface area contributed by atoms with Crippen molar-refractivity contribution in [1.29, 1.82) is 0 Å². The summed E-state index contributed by atoms with van der Waals surface area (Å²) in [5, 5.41) is 2.01. The Morgan fingerprint density at radius 2 is 2.11 bits per heavy atom. The van der Waals surface area contributed by atoms with Crippen LogP contribution in [0.3, 0.4) is 0 Å². The predicted octanol–water partition coefficient (Wildman–Crippen LogP) is 3.26. The van der Waals surface area contributed by atoms with Crippen LogP contribution >= 0.6 is 11.6 Å². The van der Waals surface area contributed by atoms with Crippen molar-refractivity contribution in [2.24, 2.45) is 0 Å². The maximum atomic E-state index is 10.9. The Bertz CT molecular complexity index is 802. The van der Waals surface area contributed by atoms with Gasteiger partial charge in [-0.25, -0.2) is 4.98 Å². The fourth-order valence-corrected chi connectivity index (χ4v) is 2.35. The van der Waals surface area contributed by atoms with Gasteiger partial charge in [-0.2, -0.15) is 0 Å². The minimum Gasteiger partial charge on any atom is -0.496 e. The molecule has 0 fully saturated rings. The van der Waals surface area contributed by atoms with Crippen molar-refractivity contribution in [2.75, 3.05) is 7.11 Å². The highest BCUT2D eigenvalue weighted by atomic mass is 35.5. The van der Waals surface area contributed by atoms with Gasteiger partial charge in [0.2, 0.25) is 0 Å². The molecule has 5 heteroatoms. The lowest BCUT2D eigenvalue weighted by Crippen LogP contribution is -1.94. The summed E-state index contributed by atoms with van der Waals surface area (Å²) >= 11 is 6.19. The van der Waals surface area contributed by atoms with Gasteiger partial charge in [0.25, 0.3) is 0 Å². The molecule has 0 N–H and O–H groups in total. The van der Waals surface area contributed by atoms with Crippen LogP contribution in [0.1, 0.15) is 10.5 Å². The van der Waals surface area contributed by atoms with E-state index in [1.807, 2.05) is 18.2 Å². The molecule has 0 aliphatic rings. The average Bonchev–Trinajstić information content (AvgIpc) is 2.46. The SMILES string of the molecule is COc1cc2c(Cl)cc(C=O)nc2c2ncccc12. The molecule has 0 spiro atoms. The number of rotatable bonds is 2. The lowest BCUT2D eigenvalue weighted by Gasteiger charge is -2.09. The summed E-state index contributed by atoms with van der Waals surface area (Å²) in [7, 11) is 1.59. The molecule has 0 bridgehead atoms. The molecule has 0 saturated heterocycles. The Morgan fingerprint density at radius 3 is 2.84 bits per heavy atom. The summed E-state index contributed by atoms with van der Waals surface area (Å²) in [6.07, 6.45) is 2.34. The third-order valence-corrected chi connectivity index (χ3v) is 3.25. The first-order valence-electron chi connectivity index (χ1n) is 5.61. The van der Waals surface area contributed by atoms with Crippen molar-refractivity contribution in [3.8, 4) is 5.75 Å². The van der Waals surface area contributed by atoms with Crippen molar-refractivity contribution < 1.29 is 9.53 Å². The molecule has 3 aromatic rings. The standard InChI is InChI=1S/C14H9ClN2O2/c1-19-12-6-10-11(15)5-8(7-18)17-14(10)13-9(12)3-2-4-16-13/h2-7H,1H3. The Hall–Kier alpha value is -2.20. The molecule has 0 radical (unpaired) electrons. The van der Waals surface area contributed by atoms with Crippen LogP contribution in [0.2, 0.25) is 5.02 Å². The van der Waals surface area contributed by atoms with E-state index in [4.69, 9.17) is 16.3 Å². The summed E-state index contributed by atoms with van der Waals surface area (Å²) in [6.45, 7) is 0. The van der Waals surface area contributed by atoms with Gasteiger partial charge in [-0.05, 0) is 24.3 Å². The highest BCUT2D eigenvalue weighted by molar-refractivity contribution is 6.36. The molecule has 19 heavy (non-hydrogen) atoms. The number of aromatic nitrogens is 2. The van der Waals surface area contributed by atoms with Gasteiger partial charge in [0.15, 0.2) is 6.29 Å². The van der Waals surface area contributed by atoms with Crippen molar-refractivity contribution >= 4 is 39.7 Å². The monoisotopic (exact) mass is 272 g/mol. The predicted molar refractivity (Wildman–Crippen MR) is 74.0 cm³/mol. The fraction of sp³-hybridized carbons (Fsp3) is 0.0714. The second-order valence-corrected chi connectivity index (χ2v) is 4.43. The molecular weight excluding hydrogens is 264 g/mol. The number of fused-ring (bicyclic) bond motifs is 3. The van der Waals surface area contributed by atoms with Crippen LogP contribution in [0.4, 0.5) is 0 Å². The van der Waals surface area contributed by atoms with E-state index in [2.05, 4.69) is 9.97 Å². The van der Waals surface area contributed by atoms with Gasteiger partial charge < -0.3 is 4.74 Å². The van der Waals surface area contributed by atoms with Gasteiger partial charge in [0.1, 0.15) is 17.0 Å². The molecule has 0 amide bonds. The number of pyridine rings is 2. The second kappa shape index (κ2) is 4.48. The number of ether oxygens (including phenoxy) is 1. The van der Waals surface area contributed by atoms with Crippen LogP contribution in [-0.2, 0) is 0 Å². The molecular formula is C14H9ClN2O2. The number of hydrogen-bond acceptors (Lipinski definition) is 4. The van der Waals surface area contributed by atoms with Crippen LogP contribution in [0.15, 0.2) is 30.5 Å². The van der Waals surface area contributed by atoms with E-state index in [1.165, 1.54) is 6.07 Å². The topological polar surface area (TPSA) is 52.1 Å². The van der Waals surface area contributed by atoms with E-state index >= 15 is 0 Å². The van der Waals surface area contributed by atoms with Crippen LogP contribution in [0.25, 0.3) is 21.8 Å². The molecule has 4 nitrogen and oxygen atoms in total. The van der Waals surface area contributed by atoms with Crippen molar-refractivity contribution in [3.05, 3.63) is 41.2 Å². The fourth-order valence-electron chi connectivity index (χ4n) is 2.09. The third kappa shape index (κ3) is 1.81.